The fourth-order valence-corrected chi connectivity index (χ4v) is 4.73. The van der Waals surface area contributed by atoms with Crippen molar-refractivity contribution in [2.45, 2.75) is 25.2 Å². The predicted octanol–water partition coefficient (Wildman–Crippen LogP) is 4.68. The fraction of sp³-hybridized carbons (Fsp3) is 0.280. The van der Waals surface area contributed by atoms with E-state index in [2.05, 4.69) is 10.6 Å². The van der Waals surface area contributed by atoms with Crippen LogP contribution in [0.15, 0.2) is 48.7 Å². The van der Waals surface area contributed by atoms with Crippen molar-refractivity contribution in [1.82, 2.24) is 4.57 Å². The summed E-state index contributed by atoms with van der Waals surface area (Å²) in [6.45, 7) is 2.37. The summed E-state index contributed by atoms with van der Waals surface area (Å²) >= 11 is 6.45. The number of ketones is 1. The van der Waals surface area contributed by atoms with Crippen LogP contribution >= 0.6 is 11.6 Å². The number of anilines is 3. The van der Waals surface area contributed by atoms with Crippen molar-refractivity contribution < 1.29 is 9.59 Å². The van der Waals surface area contributed by atoms with Crippen LogP contribution in [0.25, 0.3) is 16.8 Å². The minimum Gasteiger partial charge on any atom is -0.398 e. The lowest BCUT2D eigenvalue weighted by Gasteiger charge is -2.25. The molecule has 1 aliphatic heterocycles. The van der Waals surface area contributed by atoms with Crippen molar-refractivity contribution in [3.8, 4) is 0 Å². The molecule has 32 heavy (non-hydrogen) atoms. The lowest BCUT2D eigenvalue weighted by Crippen LogP contribution is -2.39. The number of hydrogen-bond donors (Lipinski definition) is 3. The third kappa shape index (κ3) is 3.75. The van der Waals surface area contributed by atoms with E-state index >= 15 is 0 Å². The number of nitrogens with two attached hydrogens (primary N) is 1. The van der Waals surface area contributed by atoms with Crippen LogP contribution in [0.1, 0.15) is 31.0 Å². The second-order valence-electron chi connectivity index (χ2n) is 8.26. The first-order valence-electron chi connectivity index (χ1n) is 10.7. The van der Waals surface area contributed by atoms with Crippen LogP contribution in [0.3, 0.4) is 0 Å². The fourth-order valence-electron chi connectivity index (χ4n) is 4.37. The van der Waals surface area contributed by atoms with E-state index in [0.717, 1.165) is 34.1 Å². The van der Waals surface area contributed by atoms with Crippen molar-refractivity contribution in [2.24, 2.45) is 7.05 Å². The first-order valence-corrected chi connectivity index (χ1v) is 11.2. The molecule has 1 aromatic heterocycles. The van der Waals surface area contributed by atoms with Crippen molar-refractivity contribution in [3.63, 3.8) is 0 Å². The summed E-state index contributed by atoms with van der Waals surface area (Å²) in [4.78, 5) is 25.4. The molecule has 1 atom stereocenters. The van der Waals surface area contributed by atoms with Crippen molar-refractivity contribution >= 4 is 57.2 Å². The van der Waals surface area contributed by atoms with Crippen LogP contribution < -0.4 is 16.4 Å². The molecular weight excluding hydrogens is 424 g/mol. The van der Waals surface area contributed by atoms with Gasteiger partial charge in [-0.1, -0.05) is 31.2 Å². The Kier molecular flexibility index (Phi) is 5.98. The molecule has 2 aromatic carbocycles. The second kappa shape index (κ2) is 8.71. The number of fused-ring (bicyclic) bond motifs is 3. The molecule has 0 spiro atoms. The Hall–Kier alpha value is -3.25. The normalized spacial score (nSPS) is 17.5. The quantitative estimate of drug-likeness (QED) is 0.277. The molecule has 0 aliphatic carbocycles. The molecular formula is C25H27ClN4O2. The monoisotopic (exact) mass is 450 g/mol. The number of nitrogen functional groups attached to an aromatic ring is 1. The Morgan fingerprint density at radius 1 is 1.28 bits per heavy atom. The maximum Gasteiger partial charge on any atom is 0.224 e. The number of rotatable bonds is 7. The van der Waals surface area contributed by atoms with Gasteiger partial charge in [-0.2, -0.15) is 0 Å². The van der Waals surface area contributed by atoms with Gasteiger partial charge >= 0.3 is 0 Å². The molecule has 0 saturated carbocycles. The Bertz CT molecular complexity index is 1230. The van der Waals surface area contributed by atoms with Crippen LogP contribution in [-0.2, 0) is 22.1 Å². The summed E-state index contributed by atoms with van der Waals surface area (Å²) in [5.74, 6) is 0.0484. The van der Waals surface area contributed by atoms with Gasteiger partial charge in [0.25, 0.3) is 0 Å². The molecule has 1 aliphatic rings. The number of nitrogens with zero attached hydrogens (tertiary/aromatic N) is 1. The molecule has 1 unspecified atom stereocenters. The number of benzene rings is 2. The SMILES string of the molecule is CCCC(=O)Nc1cc(C=CC(=O)C2(CCl)CNc3cc(N)c4ccccc4c32)n(C)c1. The summed E-state index contributed by atoms with van der Waals surface area (Å²) in [5.41, 5.74) is 9.28. The third-order valence-corrected chi connectivity index (χ3v) is 6.50. The van der Waals surface area contributed by atoms with Crippen LogP contribution in [0, 0.1) is 0 Å². The van der Waals surface area contributed by atoms with Gasteiger partial charge in [0.05, 0.1) is 11.1 Å². The largest absolute Gasteiger partial charge is 0.398 e. The summed E-state index contributed by atoms with van der Waals surface area (Å²) < 4.78 is 1.87. The first kappa shape index (κ1) is 22.0. The van der Waals surface area contributed by atoms with Gasteiger partial charge in [-0.3, -0.25) is 9.59 Å². The molecule has 1 amide bonds. The third-order valence-electron chi connectivity index (χ3n) is 6.05. The van der Waals surface area contributed by atoms with Gasteiger partial charge in [0, 0.05) is 60.1 Å². The highest BCUT2D eigenvalue weighted by Gasteiger charge is 2.45. The molecule has 166 valence electrons. The van der Waals surface area contributed by atoms with Crippen LogP contribution in [0.5, 0.6) is 0 Å². The first-order chi connectivity index (χ1) is 15.4. The maximum atomic E-state index is 13.5. The van der Waals surface area contributed by atoms with E-state index in [1.807, 2.05) is 61.1 Å². The number of allylic oxidation sites excluding steroid dienone is 1. The number of alkyl halides is 1. The second-order valence-corrected chi connectivity index (χ2v) is 8.53. The van der Waals surface area contributed by atoms with E-state index in [-0.39, 0.29) is 17.6 Å². The summed E-state index contributed by atoms with van der Waals surface area (Å²) in [7, 11) is 1.87. The van der Waals surface area contributed by atoms with Gasteiger partial charge in [-0.25, -0.2) is 0 Å². The van der Waals surface area contributed by atoms with E-state index in [9.17, 15) is 9.59 Å². The molecule has 4 rings (SSSR count). The lowest BCUT2D eigenvalue weighted by molar-refractivity contribution is -0.118. The molecule has 0 saturated heterocycles. The number of amides is 1. The zero-order chi connectivity index (χ0) is 22.9. The van der Waals surface area contributed by atoms with Crippen LogP contribution in [0.4, 0.5) is 17.1 Å². The standard InChI is InChI=1S/C25H27ClN4O2/c1-3-6-23(32)29-16-11-17(30(2)13-16)9-10-22(31)25(14-26)15-28-21-12-20(27)18-7-4-5-8-19(18)24(21)25/h4-5,7-13,28H,3,6,14-15,27H2,1-2H3,(H,29,32). The minimum atomic E-state index is -0.885. The topological polar surface area (TPSA) is 89.2 Å². The van der Waals surface area contributed by atoms with Gasteiger partial charge in [0.1, 0.15) is 0 Å². The maximum absolute atomic E-state index is 13.5. The number of carbonyl (C=O) groups excluding carboxylic acids is 2. The highest BCUT2D eigenvalue weighted by molar-refractivity contribution is 6.23. The summed E-state index contributed by atoms with van der Waals surface area (Å²) in [6.07, 6.45) is 6.44. The molecule has 0 bridgehead atoms. The lowest BCUT2D eigenvalue weighted by atomic mass is 9.77. The molecule has 4 N–H and O–H groups in total. The van der Waals surface area contributed by atoms with Crippen LogP contribution in [0.2, 0.25) is 0 Å². The predicted molar refractivity (Wildman–Crippen MR) is 132 cm³/mol. The Morgan fingerprint density at radius 2 is 2.03 bits per heavy atom. The smallest absolute Gasteiger partial charge is 0.224 e. The minimum absolute atomic E-state index is 0.0226. The molecule has 6 nitrogen and oxygen atoms in total. The summed E-state index contributed by atoms with van der Waals surface area (Å²) in [6, 6.07) is 11.5. The molecule has 2 heterocycles. The number of halogens is 1. The van der Waals surface area contributed by atoms with Gasteiger partial charge in [-0.15, -0.1) is 11.6 Å². The van der Waals surface area contributed by atoms with Gasteiger partial charge < -0.3 is 20.9 Å². The van der Waals surface area contributed by atoms with Crippen molar-refractivity contribution in [2.75, 3.05) is 28.8 Å². The zero-order valence-corrected chi connectivity index (χ0v) is 19.0. The van der Waals surface area contributed by atoms with Gasteiger partial charge in [0.15, 0.2) is 5.78 Å². The Balaban J connectivity index is 1.66. The molecule has 0 fully saturated rings. The molecule has 7 heteroatoms. The van der Waals surface area contributed by atoms with E-state index in [1.54, 1.807) is 12.2 Å². The zero-order valence-electron chi connectivity index (χ0n) is 18.2. The number of carbonyl (C=O) groups is 2. The van der Waals surface area contributed by atoms with E-state index < -0.39 is 5.41 Å². The number of nitrogens with one attached hydrogen (secondary N) is 2. The number of aryl methyl sites for hydroxylation is 1. The average Bonchev–Trinajstić information content (AvgIpc) is 3.32. The van der Waals surface area contributed by atoms with Crippen molar-refractivity contribution in [3.05, 3.63) is 59.9 Å². The number of hydrogen-bond acceptors (Lipinski definition) is 4. The van der Waals surface area contributed by atoms with Crippen molar-refractivity contribution in [1.29, 1.82) is 0 Å². The Labute approximate surface area is 192 Å². The molecule has 3 aromatic rings. The Morgan fingerprint density at radius 3 is 2.75 bits per heavy atom. The van der Waals surface area contributed by atoms with Gasteiger partial charge in [0.2, 0.25) is 5.91 Å². The van der Waals surface area contributed by atoms with Gasteiger partial charge in [-0.05, 0) is 36.1 Å². The highest BCUT2D eigenvalue weighted by Crippen LogP contribution is 2.45. The molecule has 0 radical (unpaired) electrons. The van der Waals surface area contributed by atoms with E-state index in [1.165, 1.54) is 0 Å². The highest BCUT2D eigenvalue weighted by atomic mass is 35.5. The van der Waals surface area contributed by atoms with E-state index in [4.69, 9.17) is 17.3 Å². The average molecular weight is 451 g/mol. The van der Waals surface area contributed by atoms with Crippen LogP contribution in [-0.4, -0.2) is 28.7 Å². The number of aromatic nitrogens is 1. The summed E-state index contributed by atoms with van der Waals surface area (Å²) in [5, 5.41) is 8.07. The van der Waals surface area contributed by atoms with E-state index in [0.29, 0.717) is 24.3 Å².